The van der Waals surface area contributed by atoms with Gasteiger partial charge < -0.3 is 10.6 Å². The molecule has 2 N–H and O–H groups in total. The maximum Gasteiger partial charge on any atom is 0.255 e. The summed E-state index contributed by atoms with van der Waals surface area (Å²) in [5.74, 6) is 0.610. The van der Waals surface area contributed by atoms with Crippen molar-refractivity contribution in [2.75, 3.05) is 11.9 Å². The lowest BCUT2D eigenvalue weighted by Gasteiger charge is -2.21. The molecule has 0 radical (unpaired) electrons. The van der Waals surface area contributed by atoms with Gasteiger partial charge in [-0.05, 0) is 38.2 Å². The highest BCUT2D eigenvalue weighted by molar-refractivity contribution is 5.99. The summed E-state index contributed by atoms with van der Waals surface area (Å²) in [5.41, 5.74) is 1.52. The number of nitrogens with zero attached hydrogens (tertiary/aromatic N) is 1. The number of hydrogen-bond donors (Lipinski definition) is 2. The third-order valence-electron chi connectivity index (χ3n) is 4.10. The van der Waals surface area contributed by atoms with E-state index in [4.69, 9.17) is 0 Å². The van der Waals surface area contributed by atoms with Crippen molar-refractivity contribution in [3.05, 3.63) is 24.0 Å². The van der Waals surface area contributed by atoms with E-state index in [0.717, 1.165) is 18.7 Å². The van der Waals surface area contributed by atoms with Gasteiger partial charge in [0.15, 0.2) is 0 Å². The predicted molar refractivity (Wildman–Crippen MR) is 81.9 cm³/mol. The number of anilines is 1. The Morgan fingerprint density at radius 1 is 1.45 bits per heavy atom. The molecule has 1 fully saturated rings. The normalized spacial score (nSPS) is 16.9. The number of carbonyl (C=O) groups is 1. The molecule has 1 atom stereocenters. The van der Waals surface area contributed by atoms with E-state index in [1.54, 1.807) is 12.4 Å². The van der Waals surface area contributed by atoms with Gasteiger partial charge in [-0.15, -0.1) is 0 Å². The number of rotatable bonds is 6. The summed E-state index contributed by atoms with van der Waals surface area (Å²) in [4.78, 5) is 16.5. The molecule has 0 aliphatic heterocycles. The largest absolute Gasteiger partial charge is 0.384 e. The molecule has 1 aromatic rings. The zero-order valence-electron chi connectivity index (χ0n) is 12.5. The fourth-order valence-corrected chi connectivity index (χ4v) is 2.85. The summed E-state index contributed by atoms with van der Waals surface area (Å²) < 4.78 is 0. The molecule has 2 rings (SSSR count). The highest BCUT2D eigenvalue weighted by Gasteiger charge is 2.23. The van der Waals surface area contributed by atoms with Gasteiger partial charge in [-0.3, -0.25) is 9.78 Å². The van der Waals surface area contributed by atoms with Crippen LogP contribution in [0.3, 0.4) is 0 Å². The quantitative estimate of drug-likeness (QED) is 0.838. The van der Waals surface area contributed by atoms with Crippen LogP contribution in [0.25, 0.3) is 0 Å². The topological polar surface area (TPSA) is 54.0 Å². The maximum absolute atomic E-state index is 12.4. The van der Waals surface area contributed by atoms with Gasteiger partial charge >= 0.3 is 0 Å². The Hall–Kier alpha value is -1.58. The van der Waals surface area contributed by atoms with E-state index in [2.05, 4.69) is 29.5 Å². The molecular formula is C16H25N3O. The number of pyridine rings is 1. The van der Waals surface area contributed by atoms with E-state index in [1.165, 1.54) is 25.7 Å². The van der Waals surface area contributed by atoms with Crippen molar-refractivity contribution in [3.8, 4) is 0 Å². The third kappa shape index (κ3) is 3.71. The average molecular weight is 275 g/mol. The van der Waals surface area contributed by atoms with Crippen molar-refractivity contribution in [1.29, 1.82) is 0 Å². The number of nitrogens with one attached hydrogen (secondary N) is 2. The van der Waals surface area contributed by atoms with Gasteiger partial charge in [0.2, 0.25) is 0 Å². The van der Waals surface area contributed by atoms with Crippen LogP contribution in [0.2, 0.25) is 0 Å². The zero-order chi connectivity index (χ0) is 14.4. The number of carbonyl (C=O) groups excluding carboxylic acids is 1. The predicted octanol–water partition coefficient (Wildman–Crippen LogP) is 3.21. The molecule has 110 valence electrons. The van der Waals surface area contributed by atoms with Gasteiger partial charge in [0.05, 0.1) is 11.3 Å². The SMILES string of the molecule is CCCNc1ccncc1C(=O)NC(C)C1CCCC1. The molecule has 4 heteroatoms. The summed E-state index contributed by atoms with van der Waals surface area (Å²) in [6, 6.07) is 2.11. The summed E-state index contributed by atoms with van der Waals surface area (Å²) in [5, 5.41) is 6.42. The molecule has 1 saturated carbocycles. The average Bonchev–Trinajstić information content (AvgIpc) is 2.99. The number of aromatic nitrogens is 1. The van der Waals surface area contributed by atoms with Crippen molar-refractivity contribution in [2.24, 2.45) is 5.92 Å². The number of hydrogen-bond acceptors (Lipinski definition) is 3. The van der Waals surface area contributed by atoms with Crippen molar-refractivity contribution in [3.63, 3.8) is 0 Å². The molecule has 0 spiro atoms. The van der Waals surface area contributed by atoms with E-state index in [-0.39, 0.29) is 11.9 Å². The second-order valence-electron chi connectivity index (χ2n) is 5.65. The van der Waals surface area contributed by atoms with Crippen molar-refractivity contribution in [2.45, 2.75) is 52.0 Å². The highest BCUT2D eigenvalue weighted by Crippen LogP contribution is 2.27. The van der Waals surface area contributed by atoms with Crippen LogP contribution in [0.15, 0.2) is 18.5 Å². The van der Waals surface area contributed by atoms with Crippen LogP contribution in [0.5, 0.6) is 0 Å². The Morgan fingerprint density at radius 3 is 2.90 bits per heavy atom. The first kappa shape index (κ1) is 14.8. The van der Waals surface area contributed by atoms with Crippen LogP contribution >= 0.6 is 0 Å². The van der Waals surface area contributed by atoms with Crippen LogP contribution in [0.1, 0.15) is 56.3 Å². The smallest absolute Gasteiger partial charge is 0.255 e. The molecule has 1 heterocycles. The second kappa shape index (κ2) is 7.27. The molecule has 1 aliphatic rings. The Balaban J connectivity index is 2.00. The van der Waals surface area contributed by atoms with Gasteiger partial charge in [0.1, 0.15) is 0 Å². The molecule has 20 heavy (non-hydrogen) atoms. The Bertz CT molecular complexity index is 441. The minimum absolute atomic E-state index is 0.0175. The Kier molecular flexibility index (Phi) is 5.39. The molecule has 1 unspecified atom stereocenters. The molecular weight excluding hydrogens is 250 g/mol. The second-order valence-corrected chi connectivity index (χ2v) is 5.65. The maximum atomic E-state index is 12.4. The molecule has 1 amide bonds. The first-order valence-corrected chi connectivity index (χ1v) is 7.71. The van der Waals surface area contributed by atoms with Gasteiger partial charge in [0.25, 0.3) is 5.91 Å². The monoisotopic (exact) mass is 275 g/mol. The standard InChI is InChI=1S/C16H25N3O/c1-3-9-18-15-8-10-17-11-14(15)16(20)19-12(2)13-6-4-5-7-13/h8,10-13H,3-7,9H2,1-2H3,(H,17,18)(H,19,20). The molecule has 1 aromatic heterocycles. The fraction of sp³-hybridized carbons (Fsp3) is 0.625. The van der Waals surface area contributed by atoms with Crippen LogP contribution < -0.4 is 10.6 Å². The van der Waals surface area contributed by atoms with Gasteiger partial charge in [-0.2, -0.15) is 0 Å². The highest BCUT2D eigenvalue weighted by atomic mass is 16.1. The van der Waals surface area contributed by atoms with Crippen LogP contribution in [0, 0.1) is 5.92 Å². The summed E-state index contributed by atoms with van der Waals surface area (Å²) in [6.45, 7) is 5.09. The molecule has 0 aromatic carbocycles. The zero-order valence-corrected chi connectivity index (χ0v) is 12.5. The minimum atomic E-state index is -0.0175. The third-order valence-corrected chi connectivity index (χ3v) is 4.10. The van der Waals surface area contributed by atoms with Crippen molar-refractivity contribution < 1.29 is 4.79 Å². The first-order valence-electron chi connectivity index (χ1n) is 7.71. The number of amides is 1. The fourth-order valence-electron chi connectivity index (χ4n) is 2.85. The van der Waals surface area contributed by atoms with Crippen LogP contribution in [0.4, 0.5) is 5.69 Å². The lowest BCUT2D eigenvalue weighted by molar-refractivity contribution is 0.0927. The Morgan fingerprint density at radius 2 is 2.20 bits per heavy atom. The van der Waals surface area contributed by atoms with E-state index >= 15 is 0 Å². The van der Waals surface area contributed by atoms with E-state index < -0.39 is 0 Å². The molecule has 1 aliphatic carbocycles. The van der Waals surface area contributed by atoms with Crippen molar-refractivity contribution in [1.82, 2.24) is 10.3 Å². The van der Waals surface area contributed by atoms with Crippen molar-refractivity contribution >= 4 is 11.6 Å². The lowest BCUT2D eigenvalue weighted by atomic mass is 9.99. The molecule has 0 bridgehead atoms. The van der Waals surface area contributed by atoms with Gasteiger partial charge in [-0.25, -0.2) is 0 Å². The molecule has 0 saturated heterocycles. The summed E-state index contributed by atoms with van der Waals surface area (Å²) in [7, 11) is 0. The summed E-state index contributed by atoms with van der Waals surface area (Å²) in [6.07, 6.45) is 9.44. The van der Waals surface area contributed by atoms with E-state index in [1.807, 2.05) is 6.07 Å². The Labute approximate surface area is 121 Å². The van der Waals surface area contributed by atoms with Gasteiger partial charge in [0, 0.05) is 25.0 Å². The summed E-state index contributed by atoms with van der Waals surface area (Å²) >= 11 is 0. The van der Waals surface area contributed by atoms with Crippen LogP contribution in [-0.2, 0) is 0 Å². The van der Waals surface area contributed by atoms with Gasteiger partial charge in [-0.1, -0.05) is 19.8 Å². The van der Waals surface area contributed by atoms with E-state index in [9.17, 15) is 4.79 Å². The first-order chi connectivity index (χ1) is 9.72. The lowest BCUT2D eigenvalue weighted by Crippen LogP contribution is -2.37. The van der Waals surface area contributed by atoms with E-state index in [0.29, 0.717) is 11.5 Å². The minimum Gasteiger partial charge on any atom is -0.384 e. The molecule has 4 nitrogen and oxygen atoms in total. The van der Waals surface area contributed by atoms with Crippen LogP contribution in [-0.4, -0.2) is 23.5 Å².